The average molecular weight is 409 g/mol. The van der Waals surface area contributed by atoms with Gasteiger partial charge in [-0.05, 0) is 57.1 Å². The SMILES string of the molecule is CCC(C)C.CCC(C)OCCCCOCCCCCC(=O)Oc1ccccc1. The van der Waals surface area contributed by atoms with Gasteiger partial charge in [0.25, 0.3) is 0 Å². The fourth-order valence-electron chi connectivity index (χ4n) is 2.13. The van der Waals surface area contributed by atoms with Crippen LogP contribution >= 0.6 is 0 Å². The minimum Gasteiger partial charge on any atom is -0.427 e. The molecule has 0 aliphatic carbocycles. The Morgan fingerprint density at radius 1 is 0.828 bits per heavy atom. The van der Waals surface area contributed by atoms with Gasteiger partial charge in [0.1, 0.15) is 5.75 Å². The highest BCUT2D eigenvalue weighted by Gasteiger charge is 2.04. The normalized spacial score (nSPS) is 11.7. The molecule has 1 aromatic carbocycles. The molecule has 29 heavy (non-hydrogen) atoms. The molecule has 1 aromatic rings. The Balaban J connectivity index is 0.00000139. The van der Waals surface area contributed by atoms with Gasteiger partial charge in [-0.15, -0.1) is 0 Å². The number of hydrogen-bond donors (Lipinski definition) is 0. The topological polar surface area (TPSA) is 44.8 Å². The Morgan fingerprint density at radius 3 is 2.00 bits per heavy atom. The third kappa shape index (κ3) is 19.7. The first-order chi connectivity index (χ1) is 14.0. The highest BCUT2D eigenvalue weighted by Crippen LogP contribution is 2.10. The van der Waals surface area contributed by atoms with Crippen LogP contribution in [0.4, 0.5) is 0 Å². The van der Waals surface area contributed by atoms with Crippen LogP contribution in [-0.2, 0) is 14.3 Å². The molecule has 0 heterocycles. The molecule has 1 unspecified atom stereocenters. The van der Waals surface area contributed by atoms with E-state index in [0.717, 1.165) is 64.3 Å². The van der Waals surface area contributed by atoms with Crippen molar-refractivity contribution in [2.45, 2.75) is 92.1 Å². The number of esters is 1. The van der Waals surface area contributed by atoms with Gasteiger partial charge in [0, 0.05) is 26.2 Å². The molecule has 0 aromatic heterocycles. The molecule has 0 bridgehead atoms. The predicted octanol–water partition coefficient (Wildman–Crippen LogP) is 6.82. The summed E-state index contributed by atoms with van der Waals surface area (Å²) in [5.74, 6) is 1.33. The summed E-state index contributed by atoms with van der Waals surface area (Å²) in [6.45, 7) is 13.3. The lowest BCUT2D eigenvalue weighted by Crippen LogP contribution is -2.08. The number of benzene rings is 1. The summed E-state index contributed by atoms with van der Waals surface area (Å²) in [6, 6.07) is 9.20. The number of ether oxygens (including phenoxy) is 3. The Morgan fingerprint density at radius 2 is 1.41 bits per heavy atom. The molecule has 0 aliphatic rings. The van der Waals surface area contributed by atoms with Crippen molar-refractivity contribution < 1.29 is 19.0 Å². The first kappa shape index (κ1) is 27.6. The standard InChI is InChI=1S/C20H32O4.C5H12/c1-3-18(2)23-17-11-10-16-22-15-9-5-8-14-20(21)24-19-12-6-4-7-13-19;1-4-5(2)3/h4,6-7,12-13,18H,3,5,8-11,14-17H2,1-2H3;5H,4H2,1-3H3. The summed E-state index contributed by atoms with van der Waals surface area (Å²) in [7, 11) is 0. The maximum Gasteiger partial charge on any atom is 0.311 e. The molecule has 168 valence electrons. The van der Waals surface area contributed by atoms with E-state index < -0.39 is 0 Å². The van der Waals surface area contributed by atoms with Crippen molar-refractivity contribution in [3.8, 4) is 5.75 Å². The average Bonchev–Trinajstić information content (AvgIpc) is 2.72. The van der Waals surface area contributed by atoms with E-state index in [1.165, 1.54) is 6.42 Å². The van der Waals surface area contributed by atoms with Crippen LogP contribution < -0.4 is 4.74 Å². The second-order valence-electron chi connectivity index (χ2n) is 7.81. The second-order valence-corrected chi connectivity index (χ2v) is 7.81. The first-order valence-electron chi connectivity index (χ1n) is 11.4. The lowest BCUT2D eigenvalue weighted by molar-refractivity contribution is -0.134. The van der Waals surface area contributed by atoms with Gasteiger partial charge in [-0.1, -0.05) is 58.7 Å². The third-order valence-electron chi connectivity index (χ3n) is 4.62. The van der Waals surface area contributed by atoms with Crippen molar-refractivity contribution in [1.29, 1.82) is 0 Å². The number of unbranched alkanes of at least 4 members (excludes halogenated alkanes) is 3. The summed E-state index contributed by atoms with van der Waals surface area (Å²) in [5, 5.41) is 0. The van der Waals surface area contributed by atoms with Gasteiger partial charge in [-0.25, -0.2) is 0 Å². The van der Waals surface area contributed by atoms with Crippen LogP contribution in [0.1, 0.15) is 86.0 Å². The van der Waals surface area contributed by atoms with Gasteiger partial charge in [-0.3, -0.25) is 4.79 Å². The maximum atomic E-state index is 11.7. The number of carbonyl (C=O) groups is 1. The fraction of sp³-hybridized carbons (Fsp3) is 0.720. The summed E-state index contributed by atoms with van der Waals surface area (Å²) < 4.78 is 16.5. The van der Waals surface area contributed by atoms with Crippen LogP contribution in [0.15, 0.2) is 30.3 Å². The lowest BCUT2D eigenvalue weighted by atomic mass is 10.2. The van der Waals surface area contributed by atoms with E-state index in [1.807, 2.05) is 18.2 Å². The molecule has 4 nitrogen and oxygen atoms in total. The Bertz CT molecular complexity index is 473. The van der Waals surface area contributed by atoms with Crippen LogP contribution in [0.25, 0.3) is 0 Å². The Hall–Kier alpha value is -1.39. The molecular formula is C25H44O4. The van der Waals surface area contributed by atoms with Crippen LogP contribution in [-0.4, -0.2) is 31.9 Å². The van der Waals surface area contributed by atoms with Gasteiger partial charge >= 0.3 is 5.97 Å². The molecule has 4 heteroatoms. The van der Waals surface area contributed by atoms with Crippen molar-refractivity contribution >= 4 is 5.97 Å². The van der Waals surface area contributed by atoms with Crippen LogP contribution in [0.3, 0.4) is 0 Å². The fourth-order valence-corrected chi connectivity index (χ4v) is 2.13. The lowest BCUT2D eigenvalue weighted by Gasteiger charge is -2.10. The smallest absolute Gasteiger partial charge is 0.311 e. The summed E-state index contributed by atoms with van der Waals surface area (Å²) >= 11 is 0. The quantitative estimate of drug-likeness (QED) is 0.181. The molecule has 1 atom stereocenters. The zero-order valence-electron chi connectivity index (χ0n) is 19.5. The minimum absolute atomic E-state index is 0.163. The predicted molar refractivity (Wildman–Crippen MR) is 121 cm³/mol. The second kappa shape index (κ2) is 19.9. The van der Waals surface area contributed by atoms with Gasteiger partial charge in [0.05, 0.1) is 6.10 Å². The Kier molecular flexibility index (Phi) is 19.0. The molecule has 1 rings (SSSR count). The minimum atomic E-state index is -0.163. The molecular weight excluding hydrogens is 364 g/mol. The van der Waals surface area contributed by atoms with Crippen molar-refractivity contribution in [3.05, 3.63) is 30.3 Å². The van der Waals surface area contributed by atoms with Gasteiger partial charge in [-0.2, -0.15) is 0 Å². The molecule has 0 fully saturated rings. The van der Waals surface area contributed by atoms with Crippen molar-refractivity contribution in [2.24, 2.45) is 5.92 Å². The highest BCUT2D eigenvalue weighted by molar-refractivity contribution is 5.72. The number of rotatable bonds is 15. The van der Waals surface area contributed by atoms with Gasteiger partial charge in [0.15, 0.2) is 0 Å². The summed E-state index contributed by atoms with van der Waals surface area (Å²) in [5.41, 5.74) is 0. The van der Waals surface area contributed by atoms with E-state index in [2.05, 4.69) is 34.6 Å². The van der Waals surface area contributed by atoms with Crippen molar-refractivity contribution in [3.63, 3.8) is 0 Å². The van der Waals surface area contributed by atoms with E-state index in [0.29, 0.717) is 18.3 Å². The molecule has 0 amide bonds. The van der Waals surface area contributed by atoms with Crippen molar-refractivity contribution in [1.82, 2.24) is 0 Å². The van der Waals surface area contributed by atoms with Crippen LogP contribution in [0.5, 0.6) is 5.75 Å². The summed E-state index contributed by atoms with van der Waals surface area (Å²) in [6.07, 6.45) is 8.10. The number of carbonyl (C=O) groups excluding carboxylic acids is 1. The zero-order chi connectivity index (χ0) is 21.7. The van der Waals surface area contributed by atoms with Gasteiger partial charge in [0.2, 0.25) is 0 Å². The van der Waals surface area contributed by atoms with E-state index in [1.54, 1.807) is 12.1 Å². The van der Waals surface area contributed by atoms with Crippen LogP contribution in [0.2, 0.25) is 0 Å². The first-order valence-corrected chi connectivity index (χ1v) is 11.4. The van der Waals surface area contributed by atoms with Gasteiger partial charge < -0.3 is 14.2 Å². The molecule has 0 N–H and O–H groups in total. The van der Waals surface area contributed by atoms with E-state index in [-0.39, 0.29) is 5.97 Å². The largest absolute Gasteiger partial charge is 0.427 e. The highest BCUT2D eigenvalue weighted by atomic mass is 16.5. The molecule has 0 radical (unpaired) electrons. The molecule has 0 aliphatic heterocycles. The molecule has 0 saturated carbocycles. The molecule has 0 spiro atoms. The maximum absolute atomic E-state index is 11.7. The van der Waals surface area contributed by atoms with E-state index in [9.17, 15) is 4.79 Å². The molecule has 0 saturated heterocycles. The zero-order valence-corrected chi connectivity index (χ0v) is 19.5. The number of para-hydroxylation sites is 1. The van der Waals surface area contributed by atoms with E-state index >= 15 is 0 Å². The monoisotopic (exact) mass is 408 g/mol. The Labute approximate surface area is 179 Å². The summed E-state index contributed by atoms with van der Waals surface area (Å²) in [4.78, 5) is 11.7. The van der Waals surface area contributed by atoms with Crippen molar-refractivity contribution in [2.75, 3.05) is 19.8 Å². The van der Waals surface area contributed by atoms with Crippen LogP contribution in [0, 0.1) is 5.92 Å². The number of hydrogen-bond acceptors (Lipinski definition) is 4. The third-order valence-corrected chi connectivity index (χ3v) is 4.62. The van der Waals surface area contributed by atoms with E-state index in [4.69, 9.17) is 14.2 Å².